The van der Waals surface area contributed by atoms with E-state index in [4.69, 9.17) is 10.5 Å². The van der Waals surface area contributed by atoms with E-state index in [1.54, 1.807) is 10.9 Å². The minimum Gasteiger partial charge on any atom is -0.314 e. The van der Waals surface area contributed by atoms with Gasteiger partial charge in [0, 0.05) is 0 Å². The molecule has 0 aliphatic heterocycles. The molecule has 74 valence electrons. The smallest absolute Gasteiger partial charge is 0.176 e. The van der Waals surface area contributed by atoms with Crippen LogP contribution in [0.4, 0.5) is 0 Å². The van der Waals surface area contributed by atoms with Crippen LogP contribution in [0, 0.1) is 22.7 Å². The van der Waals surface area contributed by atoms with Crippen LogP contribution in [-0.4, -0.2) is 9.55 Å². The lowest BCUT2D eigenvalue weighted by Gasteiger charge is -2.18. The van der Waals surface area contributed by atoms with E-state index in [1.807, 2.05) is 12.1 Å². The second-order valence-electron chi connectivity index (χ2n) is 3.50. The third-order valence-corrected chi connectivity index (χ3v) is 2.59. The highest BCUT2D eigenvalue weighted by molar-refractivity contribution is 5.36. The van der Waals surface area contributed by atoms with E-state index in [0.29, 0.717) is 5.69 Å². The lowest BCUT2D eigenvalue weighted by Crippen LogP contribution is -2.10. The van der Waals surface area contributed by atoms with E-state index in [-0.39, 0.29) is 11.7 Å². The van der Waals surface area contributed by atoms with Crippen LogP contribution in [0.15, 0.2) is 18.5 Å². The predicted octanol–water partition coefficient (Wildman–Crippen LogP) is 1.91. The molecule has 1 heterocycles. The predicted molar refractivity (Wildman–Crippen MR) is 53.7 cm³/mol. The van der Waals surface area contributed by atoms with Gasteiger partial charge in [-0.1, -0.05) is 12.2 Å². The molecule has 0 bridgehead atoms. The first kappa shape index (κ1) is 9.48. The number of nitriles is 2. The van der Waals surface area contributed by atoms with E-state index in [0.717, 1.165) is 19.3 Å². The van der Waals surface area contributed by atoms with E-state index in [1.165, 1.54) is 0 Å². The van der Waals surface area contributed by atoms with Crippen molar-refractivity contribution in [2.24, 2.45) is 0 Å². The third-order valence-electron chi connectivity index (χ3n) is 2.59. The summed E-state index contributed by atoms with van der Waals surface area (Å²) in [4.78, 5) is 3.93. The molecule has 0 N–H and O–H groups in total. The van der Waals surface area contributed by atoms with E-state index >= 15 is 0 Å². The maximum atomic E-state index is 8.96. The monoisotopic (exact) mass is 198 g/mol. The van der Waals surface area contributed by atoms with Gasteiger partial charge in [-0.15, -0.1) is 0 Å². The molecule has 1 aromatic rings. The van der Waals surface area contributed by atoms with Crippen LogP contribution in [0.25, 0.3) is 0 Å². The third kappa shape index (κ3) is 1.62. The molecule has 1 aromatic heterocycles. The quantitative estimate of drug-likeness (QED) is 0.647. The van der Waals surface area contributed by atoms with Crippen LogP contribution in [0.1, 0.15) is 36.7 Å². The van der Waals surface area contributed by atoms with Crippen molar-refractivity contribution in [3.8, 4) is 12.1 Å². The minimum absolute atomic E-state index is 0.183. The van der Waals surface area contributed by atoms with Gasteiger partial charge in [-0.25, -0.2) is 4.98 Å². The zero-order valence-electron chi connectivity index (χ0n) is 8.22. The molecule has 15 heavy (non-hydrogen) atoms. The van der Waals surface area contributed by atoms with Crippen LogP contribution in [0.2, 0.25) is 0 Å². The van der Waals surface area contributed by atoms with Crippen LogP contribution >= 0.6 is 0 Å². The molecule has 2 rings (SSSR count). The Balaban J connectivity index is 2.41. The Morgan fingerprint density at radius 1 is 1.40 bits per heavy atom. The topological polar surface area (TPSA) is 65.4 Å². The number of rotatable bonds is 1. The van der Waals surface area contributed by atoms with Gasteiger partial charge in [-0.2, -0.15) is 10.5 Å². The normalized spacial score (nSPS) is 19.5. The average Bonchev–Trinajstić information content (AvgIpc) is 2.72. The van der Waals surface area contributed by atoms with Gasteiger partial charge < -0.3 is 4.57 Å². The van der Waals surface area contributed by atoms with Crippen molar-refractivity contribution < 1.29 is 0 Å². The lowest BCUT2D eigenvalue weighted by atomic mass is 10.0. The first-order valence-corrected chi connectivity index (χ1v) is 4.90. The van der Waals surface area contributed by atoms with Gasteiger partial charge in [0.2, 0.25) is 0 Å². The van der Waals surface area contributed by atoms with Gasteiger partial charge in [0.15, 0.2) is 11.4 Å². The Morgan fingerprint density at radius 3 is 2.87 bits per heavy atom. The molecule has 1 atom stereocenters. The summed E-state index contributed by atoms with van der Waals surface area (Å²) in [6.45, 7) is 0. The molecule has 0 fully saturated rings. The van der Waals surface area contributed by atoms with Crippen molar-refractivity contribution in [3.05, 3.63) is 29.9 Å². The molecule has 0 saturated carbocycles. The second-order valence-corrected chi connectivity index (χ2v) is 3.50. The van der Waals surface area contributed by atoms with Crippen LogP contribution in [0.5, 0.6) is 0 Å². The van der Waals surface area contributed by atoms with Gasteiger partial charge in [-0.05, 0) is 19.3 Å². The van der Waals surface area contributed by atoms with E-state index < -0.39 is 0 Å². The fraction of sp³-hybridized carbons (Fsp3) is 0.364. The highest BCUT2D eigenvalue weighted by Crippen LogP contribution is 2.24. The molecule has 1 unspecified atom stereocenters. The van der Waals surface area contributed by atoms with E-state index in [2.05, 4.69) is 17.1 Å². The molecule has 4 heteroatoms. The van der Waals surface area contributed by atoms with Gasteiger partial charge in [-0.3, -0.25) is 0 Å². The summed E-state index contributed by atoms with van der Waals surface area (Å²) in [5.41, 5.74) is 0.588. The van der Waals surface area contributed by atoms with Crippen molar-refractivity contribution in [2.45, 2.75) is 25.3 Å². The Hall–Kier alpha value is -2.07. The average molecular weight is 198 g/mol. The second kappa shape index (κ2) is 3.98. The highest BCUT2D eigenvalue weighted by Gasteiger charge is 2.17. The number of imidazole rings is 1. The van der Waals surface area contributed by atoms with Gasteiger partial charge in [0.05, 0.1) is 12.4 Å². The standard InChI is InChI=1S/C11H10N4/c12-6-10-11(7-13)15(8-14-10)9-4-2-1-3-5-9/h2,4,8-9H,1,3,5H2. The van der Waals surface area contributed by atoms with Crippen molar-refractivity contribution in [2.75, 3.05) is 0 Å². The molecule has 0 saturated heterocycles. The summed E-state index contributed by atoms with van der Waals surface area (Å²) in [7, 11) is 0. The SMILES string of the molecule is N#Cc1ncn(C2C=CCCC2)c1C#N. The Bertz CT molecular complexity index is 470. The van der Waals surface area contributed by atoms with Crippen molar-refractivity contribution in [3.63, 3.8) is 0 Å². The summed E-state index contributed by atoms with van der Waals surface area (Å²) in [5, 5.41) is 17.7. The summed E-state index contributed by atoms with van der Waals surface area (Å²) in [6, 6.07) is 4.15. The van der Waals surface area contributed by atoms with Gasteiger partial charge in [0.25, 0.3) is 0 Å². The minimum atomic E-state index is 0.183. The first-order valence-electron chi connectivity index (χ1n) is 4.90. The molecule has 0 radical (unpaired) electrons. The maximum Gasteiger partial charge on any atom is 0.176 e. The molecule has 1 aliphatic rings. The Morgan fingerprint density at radius 2 is 2.27 bits per heavy atom. The molecular weight excluding hydrogens is 188 g/mol. The Kier molecular flexibility index (Phi) is 2.51. The zero-order valence-corrected chi connectivity index (χ0v) is 8.22. The van der Waals surface area contributed by atoms with E-state index in [9.17, 15) is 0 Å². The van der Waals surface area contributed by atoms with Crippen molar-refractivity contribution in [1.82, 2.24) is 9.55 Å². The number of hydrogen-bond acceptors (Lipinski definition) is 3. The van der Waals surface area contributed by atoms with Crippen LogP contribution in [0.3, 0.4) is 0 Å². The van der Waals surface area contributed by atoms with Crippen LogP contribution < -0.4 is 0 Å². The summed E-state index contributed by atoms with van der Waals surface area (Å²) in [5.74, 6) is 0. The summed E-state index contributed by atoms with van der Waals surface area (Å²) >= 11 is 0. The summed E-state index contributed by atoms with van der Waals surface area (Å²) < 4.78 is 1.79. The first-order chi connectivity index (χ1) is 7.36. The van der Waals surface area contributed by atoms with Gasteiger partial charge >= 0.3 is 0 Å². The lowest BCUT2D eigenvalue weighted by molar-refractivity contribution is 0.513. The van der Waals surface area contributed by atoms with Gasteiger partial charge in [0.1, 0.15) is 12.1 Å². The maximum absolute atomic E-state index is 8.96. The Labute approximate surface area is 88.1 Å². The van der Waals surface area contributed by atoms with Crippen molar-refractivity contribution in [1.29, 1.82) is 10.5 Å². The number of hydrogen-bond donors (Lipinski definition) is 0. The fourth-order valence-corrected chi connectivity index (χ4v) is 1.83. The molecular formula is C11H10N4. The summed E-state index contributed by atoms with van der Waals surface area (Å²) in [6.07, 6.45) is 8.99. The molecule has 0 aromatic carbocycles. The molecule has 4 nitrogen and oxygen atoms in total. The van der Waals surface area contributed by atoms with Crippen molar-refractivity contribution >= 4 is 0 Å². The van der Waals surface area contributed by atoms with Crippen LogP contribution in [-0.2, 0) is 0 Å². The largest absolute Gasteiger partial charge is 0.314 e. The molecule has 0 amide bonds. The number of nitrogens with zero attached hydrogens (tertiary/aromatic N) is 4. The zero-order chi connectivity index (χ0) is 10.7. The highest BCUT2D eigenvalue weighted by atomic mass is 15.1. The fourth-order valence-electron chi connectivity index (χ4n) is 1.83. The number of allylic oxidation sites excluding steroid dienone is 2. The molecule has 1 aliphatic carbocycles. The molecule has 0 spiro atoms. The number of aromatic nitrogens is 2.